The molecule has 0 amide bonds. The van der Waals surface area contributed by atoms with Gasteiger partial charge in [-0.05, 0) is 25.2 Å². The van der Waals surface area contributed by atoms with E-state index in [9.17, 15) is 5.26 Å². The van der Waals surface area contributed by atoms with Crippen molar-refractivity contribution < 1.29 is 0 Å². The number of hydrogen-bond acceptors (Lipinski definition) is 1. The van der Waals surface area contributed by atoms with Crippen LogP contribution in [-0.4, -0.2) is 0 Å². The lowest BCUT2D eigenvalue weighted by Gasteiger charge is -2.37. The van der Waals surface area contributed by atoms with Crippen molar-refractivity contribution in [1.82, 2.24) is 0 Å². The van der Waals surface area contributed by atoms with Crippen LogP contribution >= 0.6 is 0 Å². The highest BCUT2D eigenvalue weighted by atomic mass is 14.4. The lowest BCUT2D eigenvalue weighted by molar-refractivity contribution is 0.158. The molecule has 0 spiro atoms. The Balaban J connectivity index is 2.60. The molecule has 1 aliphatic rings. The molecule has 1 nitrogen and oxygen atoms in total. The molecule has 1 fully saturated rings. The molecule has 0 saturated heterocycles. The Kier molecular flexibility index (Phi) is 3.78. The first-order chi connectivity index (χ1) is 6.25. The number of nitrogens with zero attached hydrogens (tertiary/aromatic N) is 1. The van der Waals surface area contributed by atoms with Crippen molar-refractivity contribution in [1.29, 1.82) is 5.26 Å². The van der Waals surface area contributed by atoms with Crippen molar-refractivity contribution >= 4 is 0 Å². The molecular formula is C12H21N. The highest BCUT2D eigenvalue weighted by Gasteiger charge is 2.37. The van der Waals surface area contributed by atoms with Gasteiger partial charge in [-0.25, -0.2) is 0 Å². The highest BCUT2D eigenvalue weighted by molar-refractivity contribution is 5.03. The van der Waals surface area contributed by atoms with E-state index >= 15 is 0 Å². The summed E-state index contributed by atoms with van der Waals surface area (Å²) in [4.78, 5) is 0. The van der Waals surface area contributed by atoms with E-state index in [1.807, 2.05) is 0 Å². The maximum Gasteiger partial charge on any atom is 0.0692 e. The van der Waals surface area contributed by atoms with Crippen molar-refractivity contribution in [3.05, 3.63) is 0 Å². The van der Waals surface area contributed by atoms with E-state index in [1.54, 1.807) is 0 Å². The van der Waals surface area contributed by atoms with Crippen LogP contribution in [0.1, 0.15) is 58.8 Å². The molecular weight excluding hydrogens is 158 g/mol. The molecule has 0 aromatic carbocycles. The van der Waals surface area contributed by atoms with Crippen LogP contribution in [0.2, 0.25) is 0 Å². The Labute approximate surface area is 82.1 Å². The lowest BCUT2D eigenvalue weighted by atomic mass is 9.65. The maximum atomic E-state index is 9.29. The molecule has 1 aliphatic carbocycles. The Morgan fingerprint density at radius 2 is 2.23 bits per heavy atom. The fourth-order valence-electron chi connectivity index (χ4n) is 2.50. The van der Waals surface area contributed by atoms with Crippen molar-refractivity contribution in [2.45, 2.75) is 58.8 Å². The summed E-state index contributed by atoms with van der Waals surface area (Å²) in [6, 6.07) is 2.60. The van der Waals surface area contributed by atoms with Crippen molar-refractivity contribution in [2.24, 2.45) is 11.3 Å². The van der Waals surface area contributed by atoms with Gasteiger partial charge in [-0.2, -0.15) is 5.26 Å². The molecule has 13 heavy (non-hydrogen) atoms. The van der Waals surface area contributed by atoms with Crippen LogP contribution in [0.5, 0.6) is 0 Å². The Hall–Kier alpha value is -0.510. The first-order valence-electron chi connectivity index (χ1n) is 5.66. The fraction of sp³-hybridized carbons (Fsp3) is 0.917. The van der Waals surface area contributed by atoms with E-state index in [4.69, 9.17) is 0 Å². The van der Waals surface area contributed by atoms with Gasteiger partial charge in [0.25, 0.3) is 0 Å². The largest absolute Gasteiger partial charge is 0.198 e. The average Bonchev–Trinajstić information content (AvgIpc) is 2.17. The maximum absolute atomic E-state index is 9.29. The topological polar surface area (TPSA) is 23.8 Å². The molecule has 1 rings (SSSR count). The summed E-state index contributed by atoms with van der Waals surface area (Å²) in [5, 5.41) is 9.29. The Bertz CT molecular complexity index is 192. The molecule has 1 saturated carbocycles. The fourth-order valence-corrected chi connectivity index (χ4v) is 2.50. The zero-order valence-electron chi connectivity index (χ0n) is 8.97. The SMILES string of the molecule is CCCCC1(C#N)CCCCC1C. The summed E-state index contributed by atoms with van der Waals surface area (Å²) in [6.07, 6.45) is 8.56. The minimum Gasteiger partial charge on any atom is -0.198 e. The van der Waals surface area contributed by atoms with E-state index in [0.717, 1.165) is 12.8 Å². The van der Waals surface area contributed by atoms with Crippen LogP contribution < -0.4 is 0 Å². The van der Waals surface area contributed by atoms with Crippen LogP contribution in [0.4, 0.5) is 0 Å². The molecule has 0 N–H and O–H groups in total. The summed E-state index contributed by atoms with van der Waals surface area (Å²) in [5.41, 5.74) is 0.0360. The minimum absolute atomic E-state index is 0.0360. The van der Waals surface area contributed by atoms with Gasteiger partial charge in [0.2, 0.25) is 0 Å². The summed E-state index contributed by atoms with van der Waals surface area (Å²) in [7, 11) is 0. The number of unbranched alkanes of at least 4 members (excludes halogenated alkanes) is 1. The monoisotopic (exact) mass is 179 g/mol. The minimum atomic E-state index is 0.0360. The molecule has 2 unspecified atom stereocenters. The standard InChI is InChI=1S/C12H21N/c1-3-4-8-12(10-13)9-6-5-7-11(12)2/h11H,3-9H2,1-2H3. The van der Waals surface area contributed by atoms with E-state index in [1.165, 1.54) is 32.1 Å². The van der Waals surface area contributed by atoms with Gasteiger partial charge in [-0.15, -0.1) is 0 Å². The zero-order chi connectivity index (χ0) is 9.73. The predicted octanol–water partition coefficient (Wildman–Crippen LogP) is 3.90. The van der Waals surface area contributed by atoms with Gasteiger partial charge in [0.05, 0.1) is 11.5 Å². The molecule has 0 radical (unpaired) electrons. The molecule has 1 heteroatoms. The van der Waals surface area contributed by atoms with Crippen LogP contribution in [0.25, 0.3) is 0 Å². The highest BCUT2D eigenvalue weighted by Crippen LogP contribution is 2.44. The second kappa shape index (κ2) is 4.65. The van der Waals surface area contributed by atoms with Crippen molar-refractivity contribution in [3.8, 4) is 6.07 Å². The quantitative estimate of drug-likeness (QED) is 0.644. The van der Waals surface area contributed by atoms with Gasteiger partial charge in [0.1, 0.15) is 0 Å². The summed E-state index contributed by atoms with van der Waals surface area (Å²) < 4.78 is 0. The molecule has 74 valence electrons. The normalized spacial score (nSPS) is 34.1. The number of hydrogen-bond donors (Lipinski definition) is 0. The van der Waals surface area contributed by atoms with Gasteiger partial charge in [-0.3, -0.25) is 0 Å². The van der Waals surface area contributed by atoms with Crippen molar-refractivity contribution in [3.63, 3.8) is 0 Å². The second-order valence-corrected chi connectivity index (χ2v) is 4.52. The van der Waals surface area contributed by atoms with Gasteiger partial charge in [0, 0.05) is 0 Å². The van der Waals surface area contributed by atoms with E-state index < -0.39 is 0 Å². The molecule has 0 aromatic rings. The first-order valence-corrected chi connectivity index (χ1v) is 5.66. The lowest BCUT2D eigenvalue weighted by Crippen LogP contribution is -2.30. The van der Waals surface area contributed by atoms with Gasteiger partial charge >= 0.3 is 0 Å². The molecule has 0 bridgehead atoms. The first kappa shape index (κ1) is 10.6. The predicted molar refractivity (Wildman–Crippen MR) is 55.2 cm³/mol. The van der Waals surface area contributed by atoms with Crippen LogP contribution in [0.3, 0.4) is 0 Å². The number of nitriles is 1. The summed E-state index contributed by atoms with van der Waals surface area (Å²) in [6.45, 7) is 4.47. The van der Waals surface area contributed by atoms with Crippen molar-refractivity contribution in [2.75, 3.05) is 0 Å². The summed E-state index contributed by atoms with van der Waals surface area (Å²) in [5.74, 6) is 0.623. The third kappa shape index (κ3) is 2.24. The summed E-state index contributed by atoms with van der Waals surface area (Å²) >= 11 is 0. The number of rotatable bonds is 3. The van der Waals surface area contributed by atoms with Gasteiger partial charge in [0.15, 0.2) is 0 Å². The third-order valence-electron chi connectivity index (χ3n) is 3.65. The molecule has 0 heterocycles. The molecule has 2 atom stereocenters. The molecule has 0 aromatic heterocycles. The smallest absolute Gasteiger partial charge is 0.0692 e. The average molecular weight is 179 g/mol. The van der Waals surface area contributed by atoms with E-state index in [-0.39, 0.29) is 5.41 Å². The van der Waals surface area contributed by atoms with E-state index in [0.29, 0.717) is 5.92 Å². The Morgan fingerprint density at radius 3 is 2.77 bits per heavy atom. The third-order valence-corrected chi connectivity index (χ3v) is 3.65. The van der Waals surface area contributed by atoms with Crippen LogP contribution in [-0.2, 0) is 0 Å². The van der Waals surface area contributed by atoms with Gasteiger partial charge in [-0.1, -0.05) is 39.5 Å². The Morgan fingerprint density at radius 1 is 1.46 bits per heavy atom. The second-order valence-electron chi connectivity index (χ2n) is 4.52. The van der Waals surface area contributed by atoms with E-state index in [2.05, 4.69) is 19.9 Å². The molecule has 0 aliphatic heterocycles. The van der Waals surface area contributed by atoms with Crippen LogP contribution in [0.15, 0.2) is 0 Å². The van der Waals surface area contributed by atoms with Crippen LogP contribution in [0, 0.1) is 22.7 Å². The zero-order valence-corrected chi connectivity index (χ0v) is 8.97. The van der Waals surface area contributed by atoms with Gasteiger partial charge < -0.3 is 0 Å².